The third-order valence-electron chi connectivity index (χ3n) is 5.35. The summed E-state index contributed by atoms with van der Waals surface area (Å²) in [6.45, 7) is 4.18. The van der Waals surface area contributed by atoms with E-state index in [1.807, 2.05) is 33.3 Å². The highest BCUT2D eigenvalue weighted by Gasteiger charge is 2.17. The zero-order valence-corrected chi connectivity index (χ0v) is 17.1. The van der Waals surface area contributed by atoms with Gasteiger partial charge >= 0.3 is 0 Å². The summed E-state index contributed by atoms with van der Waals surface area (Å²) < 4.78 is 14.4. The number of hydrogen-bond donors (Lipinski definition) is 0. The minimum absolute atomic E-state index is 0.628. The molecule has 0 aliphatic carbocycles. The number of methoxy groups -OCH3 is 2. The number of fused-ring (bicyclic) bond motifs is 3. The van der Waals surface area contributed by atoms with Gasteiger partial charge in [-0.2, -0.15) is 5.10 Å². The fourth-order valence-corrected chi connectivity index (χ4v) is 3.54. The van der Waals surface area contributed by atoms with E-state index in [-0.39, 0.29) is 0 Å². The first kappa shape index (κ1) is 18.1. The third kappa shape index (κ3) is 2.68. The van der Waals surface area contributed by atoms with Crippen LogP contribution in [0.3, 0.4) is 0 Å². The van der Waals surface area contributed by atoms with Crippen molar-refractivity contribution in [3.05, 3.63) is 60.0 Å². The highest BCUT2D eigenvalue weighted by Crippen LogP contribution is 2.32. The lowest BCUT2D eigenvalue weighted by Gasteiger charge is -2.09. The SMILES string of the molecule is COc1ccc(-c2nnc3c4cnn(-c5ccc(C)c(C)c5)c4ncn23)cc1OC. The van der Waals surface area contributed by atoms with Crippen LogP contribution in [0.2, 0.25) is 0 Å². The maximum absolute atomic E-state index is 5.42. The maximum Gasteiger partial charge on any atom is 0.175 e. The second-order valence-corrected chi connectivity index (χ2v) is 7.09. The molecular formula is C22H20N6O2. The number of ether oxygens (including phenoxy) is 2. The molecule has 0 aliphatic rings. The molecule has 0 amide bonds. The van der Waals surface area contributed by atoms with E-state index in [2.05, 4.69) is 46.3 Å². The van der Waals surface area contributed by atoms with E-state index in [1.54, 1.807) is 26.7 Å². The molecule has 30 heavy (non-hydrogen) atoms. The third-order valence-corrected chi connectivity index (χ3v) is 5.35. The number of aryl methyl sites for hydroxylation is 2. The van der Waals surface area contributed by atoms with E-state index < -0.39 is 0 Å². The van der Waals surface area contributed by atoms with E-state index >= 15 is 0 Å². The summed E-state index contributed by atoms with van der Waals surface area (Å²) in [7, 11) is 3.22. The van der Waals surface area contributed by atoms with Gasteiger partial charge in [0.05, 0.1) is 31.5 Å². The first-order valence-electron chi connectivity index (χ1n) is 9.48. The first-order valence-corrected chi connectivity index (χ1v) is 9.48. The van der Waals surface area contributed by atoms with Gasteiger partial charge in [-0.25, -0.2) is 9.67 Å². The summed E-state index contributed by atoms with van der Waals surface area (Å²) in [5.41, 5.74) is 5.68. The summed E-state index contributed by atoms with van der Waals surface area (Å²) in [6.07, 6.45) is 3.50. The van der Waals surface area contributed by atoms with Crippen LogP contribution in [0.4, 0.5) is 0 Å². The molecule has 150 valence electrons. The molecule has 0 unspecified atom stereocenters. The molecule has 0 saturated carbocycles. The second-order valence-electron chi connectivity index (χ2n) is 7.09. The number of aromatic nitrogens is 6. The van der Waals surface area contributed by atoms with Crippen LogP contribution >= 0.6 is 0 Å². The Hall–Kier alpha value is -3.94. The van der Waals surface area contributed by atoms with Crippen molar-refractivity contribution in [3.63, 3.8) is 0 Å². The van der Waals surface area contributed by atoms with Crippen molar-refractivity contribution in [1.29, 1.82) is 0 Å². The molecule has 8 nitrogen and oxygen atoms in total. The lowest BCUT2D eigenvalue weighted by molar-refractivity contribution is 0.355. The molecule has 2 aromatic carbocycles. The van der Waals surface area contributed by atoms with Crippen molar-refractivity contribution in [1.82, 2.24) is 29.4 Å². The Bertz CT molecular complexity index is 1400. The monoisotopic (exact) mass is 400 g/mol. The average Bonchev–Trinajstić information content (AvgIpc) is 3.39. The van der Waals surface area contributed by atoms with Gasteiger partial charge in [0.15, 0.2) is 28.6 Å². The zero-order valence-electron chi connectivity index (χ0n) is 17.1. The molecule has 5 aromatic rings. The maximum atomic E-state index is 5.42. The molecule has 0 fully saturated rings. The Morgan fingerprint density at radius 1 is 0.833 bits per heavy atom. The average molecular weight is 400 g/mol. The summed E-state index contributed by atoms with van der Waals surface area (Å²) in [4.78, 5) is 4.66. The van der Waals surface area contributed by atoms with Gasteiger partial charge < -0.3 is 9.47 Å². The van der Waals surface area contributed by atoms with Crippen molar-refractivity contribution >= 4 is 16.7 Å². The molecule has 3 aromatic heterocycles. The second kappa shape index (κ2) is 6.84. The van der Waals surface area contributed by atoms with Gasteiger partial charge in [-0.1, -0.05) is 6.07 Å². The molecule has 0 bridgehead atoms. The number of hydrogen-bond acceptors (Lipinski definition) is 6. The van der Waals surface area contributed by atoms with Gasteiger partial charge in [-0.3, -0.25) is 4.40 Å². The van der Waals surface area contributed by atoms with Gasteiger partial charge in [-0.05, 0) is 55.3 Å². The minimum Gasteiger partial charge on any atom is -0.493 e. The highest BCUT2D eigenvalue weighted by atomic mass is 16.5. The van der Waals surface area contributed by atoms with Crippen LogP contribution in [-0.2, 0) is 0 Å². The van der Waals surface area contributed by atoms with Gasteiger partial charge in [0.2, 0.25) is 0 Å². The predicted molar refractivity (Wildman–Crippen MR) is 113 cm³/mol. The van der Waals surface area contributed by atoms with Crippen LogP contribution in [-0.4, -0.2) is 43.6 Å². The van der Waals surface area contributed by atoms with Crippen LogP contribution in [0.1, 0.15) is 11.1 Å². The van der Waals surface area contributed by atoms with Crippen LogP contribution in [0.25, 0.3) is 33.8 Å². The fourth-order valence-electron chi connectivity index (χ4n) is 3.54. The van der Waals surface area contributed by atoms with Crippen molar-refractivity contribution in [2.75, 3.05) is 14.2 Å². The Morgan fingerprint density at radius 3 is 2.43 bits per heavy atom. The lowest BCUT2D eigenvalue weighted by Crippen LogP contribution is -2.00. The normalized spacial score (nSPS) is 11.3. The van der Waals surface area contributed by atoms with E-state index in [0.717, 1.165) is 22.3 Å². The number of benzene rings is 2. The molecule has 0 aliphatic heterocycles. The van der Waals surface area contributed by atoms with E-state index in [1.165, 1.54) is 11.1 Å². The minimum atomic E-state index is 0.628. The van der Waals surface area contributed by atoms with Crippen molar-refractivity contribution < 1.29 is 9.47 Å². The Morgan fingerprint density at radius 2 is 1.67 bits per heavy atom. The Labute approximate surface area is 172 Å². The Kier molecular flexibility index (Phi) is 4.13. The van der Waals surface area contributed by atoms with Gasteiger partial charge in [-0.15, -0.1) is 10.2 Å². The molecule has 0 N–H and O–H groups in total. The molecule has 3 heterocycles. The van der Waals surface area contributed by atoms with Crippen molar-refractivity contribution in [2.24, 2.45) is 0 Å². The molecule has 0 radical (unpaired) electrons. The standard InChI is InChI=1S/C22H20N6O2/c1-13-5-7-16(9-14(13)2)28-21-17(11-24-28)22-26-25-20(27(22)12-23-21)15-6-8-18(29-3)19(10-15)30-4/h5-12H,1-4H3. The predicted octanol–water partition coefficient (Wildman–Crippen LogP) is 3.76. The summed E-state index contributed by atoms with van der Waals surface area (Å²) in [5, 5.41) is 14.2. The number of rotatable bonds is 4. The van der Waals surface area contributed by atoms with Gasteiger partial charge in [0, 0.05) is 5.56 Å². The molecular weight excluding hydrogens is 380 g/mol. The summed E-state index contributed by atoms with van der Waals surface area (Å²) in [5.74, 6) is 1.95. The Balaban J connectivity index is 1.66. The van der Waals surface area contributed by atoms with Crippen molar-refractivity contribution in [2.45, 2.75) is 13.8 Å². The highest BCUT2D eigenvalue weighted by molar-refractivity contribution is 5.90. The van der Waals surface area contributed by atoms with Gasteiger partial charge in [0.25, 0.3) is 0 Å². The van der Waals surface area contributed by atoms with Crippen LogP contribution in [0.5, 0.6) is 11.5 Å². The summed E-state index contributed by atoms with van der Waals surface area (Å²) >= 11 is 0. The molecule has 0 atom stereocenters. The topological polar surface area (TPSA) is 79.4 Å². The van der Waals surface area contributed by atoms with Crippen molar-refractivity contribution in [3.8, 4) is 28.6 Å². The van der Waals surface area contributed by atoms with Crippen LogP contribution < -0.4 is 9.47 Å². The van der Waals surface area contributed by atoms with Gasteiger partial charge in [0.1, 0.15) is 6.33 Å². The molecule has 0 spiro atoms. The fraction of sp³-hybridized carbons (Fsp3) is 0.182. The van der Waals surface area contributed by atoms with Crippen LogP contribution in [0, 0.1) is 13.8 Å². The smallest absolute Gasteiger partial charge is 0.175 e. The quantitative estimate of drug-likeness (QED) is 0.457. The number of nitrogens with zero attached hydrogens (tertiary/aromatic N) is 6. The largest absolute Gasteiger partial charge is 0.493 e. The van der Waals surface area contributed by atoms with E-state index in [4.69, 9.17) is 9.47 Å². The zero-order chi connectivity index (χ0) is 20.8. The summed E-state index contributed by atoms with van der Waals surface area (Å²) in [6, 6.07) is 11.9. The first-order chi connectivity index (χ1) is 14.6. The molecule has 0 saturated heterocycles. The van der Waals surface area contributed by atoms with E-state index in [0.29, 0.717) is 23.0 Å². The van der Waals surface area contributed by atoms with Crippen LogP contribution in [0.15, 0.2) is 48.9 Å². The molecule has 8 heteroatoms. The van der Waals surface area contributed by atoms with E-state index in [9.17, 15) is 0 Å². The lowest BCUT2D eigenvalue weighted by atomic mass is 10.1. The molecule has 5 rings (SSSR count).